The summed E-state index contributed by atoms with van der Waals surface area (Å²) in [5.74, 6) is -1.48. The third-order valence-electron chi connectivity index (χ3n) is 2.71. The number of carbonyl (C=O) groups excluding carboxylic acids is 1. The molecule has 0 spiro atoms. The van der Waals surface area contributed by atoms with Crippen molar-refractivity contribution >= 4 is 33.4 Å². The monoisotopic (exact) mass is 295 g/mol. The maximum Gasteiger partial charge on any atom is 0.307 e. The number of hydrogen-bond acceptors (Lipinski definition) is 3. The van der Waals surface area contributed by atoms with Gasteiger partial charge in [-0.25, -0.2) is 4.39 Å². The van der Waals surface area contributed by atoms with Crippen LogP contribution in [0.5, 0.6) is 0 Å². The average molecular weight is 296 g/mol. The Hall–Kier alpha value is -1.21. The highest BCUT2D eigenvalue weighted by Crippen LogP contribution is 2.30. The van der Waals surface area contributed by atoms with E-state index >= 15 is 0 Å². The van der Waals surface area contributed by atoms with Gasteiger partial charge < -0.3 is 4.90 Å². The van der Waals surface area contributed by atoms with E-state index in [1.54, 1.807) is 0 Å². The van der Waals surface area contributed by atoms with Crippen molar-refractivity contribution in [2.45, 2.75) is 11.7 Å². The Morgan fingerprint density at radius 1 is 1.39 bits per heavy atom. The molecule has 1 heterocycles. The molecule has 4 nitrogen and oxygen atoms in total. The fourth-order valence-electron chi connectivity index (χ4n) is 1.80. The SMILES string of the molecule is O=C1CC(S(=O)(=O)F)CN1c1cccc(Cl)c1F. The fourth-order valence-corrected chi connectivity index (χ4v) is 2.64. The van der Waals surface area contributed by atoms with Gasteiger partial charge in [0.2, 0.25) is 5.91 Å². The van der Waals surface area contributed by atoms with Crippen molar-refractivity contribution in [3.8, 4) is 0 Å². The largest absolute Gasteiger partial charge is 0.308 e. The predicted molar refractivity (Wildman–Crippen MR) is 62.2 cm³/mol. The van der Waals surface area contributed by atoms with Crippen molar-refractivity contribution < 1.29 is 21.5 Å². The zero-order chi connectivity index (χ0) is 13.5. The summed E-state index contributed by atoms with van der Waals surface area (Å²) in [5.41, 5.74) is -0.140. The van der Waals surface area contributed by atoms with Crippen molar-refractivity contribution in [2.75, 3.05) is 11.4 Å². The van der Waals surface area contributed by atoms with Crippen LogP contribution in [0.4, 0.5) is 14.0 Å². The molecule has 0 aromatic heterocycles. The number of carbonyl (C=O) groups is 1. The van der Waals surface area contributed by atoms with Crippen molar-refractivity contribution in [2.24, 2.45) is 0 Å². The Balaban J connectivity index is 2.36. The molecule has 0 N–H and O–H groups in total. The second-order valence-electron chi connectivity index (χ2n) is 3.88. The van der Waals surface area contributed by atoms with Gasteiger partial charge in [0.1, 0.15) is 5.25 Å². The topological polar surface area (TPSA) is 54.5 Å². The first-order valence-electron chi connectivity index (χ1n) is 4.98. The van der Waals surface area contributed by atoms with Crippen LogP contribution in [-0.4, -0.2) is 26.1 Å². The average Bonchev–Trinajstić information content (AvgIpc) is 2.64. The summed E-state index contributed by atoms with van der Waals surface area (Å²) in [6, 6.07) is 4.00. The molecule has 0 bridgehead atoms. The molecule has 98 valence electrons. The minimum absolute atomic E-state index is 0.140. The van der Waals surface area contributed by atoms with Gasteiger partial charge in [-0.1, -0.05) is 17.7 Å². The first-order chi connectivity index (χ1) is 8.30. The van der Waals surface area contributed by atoms with Crippen molar-refractivity contribution in [3.63, 3.8) is 0 Å². The molecule has 1 atom stereocenters. The van der Waals surface area contributed by atoms with Gasteiger partial charge >= 0.3 is 10.2 Å². The van der Waals surface area contributed by atoms with Crippen LogP contribution in [0.3, 0.4) is 0 Å². The highest BCUT2D eigenvalue weighted by Gasteiger charge is 2.40. The van der Waals surface area contributed by atoms with Crippen LogP contribution in [0.2, 0.25) is 5.02 Å². The summed E-state index contributed by atoms with van der Waals surface area (Å²) in [6.45, 7) is -0.408. The van der Waals surface area contributed by atoms with E-state index in [1.807, 2.05) is 0 Å². The zero-order valence-corrected chi connectivity index (χ0v) is 10.5. The van der Waals surface area contributed by atoms with E-state index < -0.39 is 40.2 Å². The highest BCUT2D eigenvalue weighted by atomic mass is 35.5. The number of nitrogens with zero attached hydrogens (tertiary/aromatic N) is 1. The number of amides is 1. The first kappa shape index (κ1) is 13.2. The molecule has 1 unspecified atom stereocenters. The summed E-state index contributed by atoms with van der Waals surface area (Å²) in [5, 5.41) is -1.64. The van der Waals surface area contributed by atoms with Gasteiger partial charge in [0.15, 0.2) is 5.82 Å². The second kappa shape index (κ2) is 4.47. The molecule has 1 amide bonds. The normalized spacial score (nSPS) is 20.5. The minimum atomic E-state index is -4.82. The Bertz CT molecular complexity index is 605. The second-order valence-corrected chi connectivity index (χ2v) is 5.90. The lowest BCUT2D eigenvalue weighted by molar-refractivity contribution is -0.117. The van der Waals surface area contributed by atoms with Gasteiger partial charge in [-0.3, -0.25) is 4.79 Å². The summed E-state index contributed by atoms with van der Waals surface area (Å²) < 4.78 is 48.0. The third-order valence-corrected chi connectivity index (χ3v) is 4.11. The van der Waals surface area contributed by atoms with Crippen LogP contribution in [-0.2, 0) is 15.0 Å². The van der Waals surface area contributed by atoms with E-state index in [0.29, 0.717) is 0 Å². The van der Waals surface area contributed by atoms with Crippen LogP contribution in [0.25, 0.3) is 0 Å². The van der Waals surface area contributed by atoms with E-state index in [9.17, 15) is 21.5 Å². The lowest BCUT2D eigenvalue weighted by Gasteiger charge is -2.17. The van der Waals surface area contributed by atoms with Crippen molar-refractivity contribution in [1.82, 2.24) is 0 Å². The smallest absolute Gasteiger partial charge is 0.307 e. The van der Waals surface area contributed by atoms with Crippen LogP contribution in [0, 0.1) is 5.82 Å². The molecule has 1 fully saturated rings. The molecule has 1 aliphatic rings. The van der Waals surface area contributed by atoms with Crippen molar-refractivity contribution in [1.29, 1.82) is 0 Å². The van der Waals surface area contributed by atoms with E-state index in [-0.39, 0.29) is 10.7 Å². The van der Waals surface area contributed by atoms with Crippen LogP contribution >= 0.6 is 11.6 Å². The fraction of sp³-hybridized carbons (Fsp3) is 0.300. The summed E-state index contributed by atoms with van der Waals surface area (Å²) >= 11 is 5.56. The number of halogens is 3. The first-order valence-corrected chi connectivity index (χ1v) is 6.81. The molecule has 0 aliphatic carbocycles. The van der Waals surface area contributed by atoms with Crippen LogP contribution in [0.15, 0.2) is 18.2 Å². The third kappa shape index (κ3) is 2.32. The molecule has 0 saturated carbocycles. The molecule has 18 heavy (non-hydrogen) atoms. The molecule has 1 aromatic carbocycles. The number of rotatable bonds is 2. The number of anilines is 1. The lowest BCUT2D eigenvalue weighted by Crippen LogP contribution is -2.27. The molecule has 1 aliphatic heterocycles. The van der Waals surface area contributed by atoms with Gasteiger partial charge in [-0.05, 0) is 12.1 Å². The zero-order valence-electron chi connectivity index (χ0n) is 8.94. The molecule has 2 rings (SSSR count). The molecule has 1 aromatic rings. The van der Waals surface area contributed by atoms with Gasteiger partial charge in [0, 0.05) is 13.0 Å². The Morgan fingerprint density at radius 2 is 2.06 bits per heavy atom. The molecule has 0 radical (unpaired) electrons. The minimum Gasteiger partial charge on any atom is -0.308 e. The van der Waals surface area contributed by atoms with E-state index in [0.717, 1.165) is 4.90 Å². The number of benzene rings is 1. The van der Waals surface area contributed by atoms with Gasteiger partial charge in [-0.15, -0.1) is 3.89 Å². The molecule has 8 heteroatoms. The molecule has 1 saturated heterocycles. The Morgan fingerprint density at radius 3 is 2.61 bits per heavy atom. The molecular weight excluding hydrogens is 288 g/mol. The number of hydrogen-bond donors (Lipinski definition) is 0. The van der Waals surface area contributed by atoms with Gasteiger partial charge in [-0.2, -0.15) is 8.42 Å². The molecular formula is C10H8ClF2NO3S. The predicted octanol–water partition coefficient (Wildman–Crippen LogP) is 1.88. The van der Waals surface area contributed by atoms with E-state index in [4.69, 9.17) is 11.6 Å². The van der Waals surface area contributed by atoms with Gasteiger partial charge in [0.25, 0.3) is 0 Å². The quantitative estimate of drug-likeness (QED) is 0.783. The van der Waals surface area contributed by atoms with Crippen LogP contribution < -0.4 is 4.90 Å². The summed E-state index contributed by atoms with van der Waals surface area (Å²) in [7, 11) is -4.82. The summed E-state index contributed by atoms with van der Waals surface area (Å²) in [6.07, 6.45) is -0.495. The standard InChI is InChI=1S/C10H8ClF2NO3S/c11-7-2-1-3-8(10(7)12)14-5-6(4-9(14)15)18(13,16)17/h1-3,6H,4-5H2. The van der Waals surface area contributed by atoms with E-state index in [1.165, 1.54) is 18.2 Å². The highest BCUT2D eigenvalue weighted by molar-refractivity contribution is 7.87. The van der Waals surface area contributed by atoms with Crippen molar-refractivity contribution in [3.05, 3.63) is 29.0 Å². The van der Waals surface area contributed by atoms with Gasteiger partial charge in [0.05, 0.1) is 10.7 Å². The van der Waals surface area contributed by atoms with E-state index in [2.05, 4.69) is 0 Å². The lowest BCUT2D eigenvalue weighted by atomic mass is 10.3. The Kier molecular flexibility index (Phi) is 3.29. The maximum atomic E-state index is 13.7. The summed E-state index contributed by atoms with van der Waals surface area (Å²) in [4.78, 5) is 12.5. The maximum absolute atomic E-state index is 13.7. The van der Waals surface area contributed by atoms with Crippen LogP contribution in [0.1, 0.15) is 6.42 Å². The Labute approximate surface area is 107 Å².